The molecule has 136 valence electrons. The largest absolute Gasteiger partial charge is 0.411 e. The molecule has 0 unspecified atom stereocenters. The average Bonchev–Trinajstić information content (AvgIpc) is 3.22. The van der Waals surface area contributed by atoms with Crippen LogP contribution in [0, 0.1) is 6.92 Å². The van der Waals surface area contributed by atoms with E-state index in [0.29, 0.717) is 11.1 Å². The molecular formula is C16H16N4O4S2. The van der Waals surface area contributed by atoms with Crippen molar-refractivity contribution < 1.29 is 18.8 Å². The van der Waals surface area contributed by atoms with Crippen molar-refractivity contribution in [1.82, 2.24) is 20.4 Å². The topological polar surface area (TPSA) is 105 Å². The number of aryl methyl sites for hydroxylation is 1. The summed E-state index contributed by atoms with van der Waals surface area (Å²) in [5.74, 6) is 0.210. The maximum absolute atomic E-state index is 11.9. The van der Waals surface area contributed by atoms with Crippen LogP contribution in [0.1, 0.15) is 5.56 Å². The van der Waals surface area contributed by atoms with Crippen LogP contribution in [0.2, 0.25) is 0 Å². The lowest BCUT2D eigenvalue weighted by Gasteiger charge is -2.12. The second-order valence-corrected chi connectivity index (χ2v) is 7.33. The third-order valence-electron chi connectivity index (χ3n) is 3.53. The fourth-order valence-corrected chi connectivity index (χ4v) is 3.51. The Bertz CT molecular complexity index is 806. The second-order valence-electron chi connectivity index (χ2n) is 5.48. The van der Waals surface area contributed by atoms with E-state index in [1.165, 1.54) is 0 Å². The highest BCUT2D eigenvalue weighted by atomic mass is 32.2. The van der Waals surface area contributed by atoms with Gasteiger partial charge in [-0.05, 0) is 19.1 Å². The number of aromatic nitrogens is 2. The van der Waals surface area contributed by atoms with Crippen molar-refractivity contribution in [2.75, 3.05) is 24.6 Å². The number of hydrogen-bond donors (Lipinski definition) is 1. The molecule has 0 bridgehead atoms. The highest BCUT2D eigenvalue weighted by molar-refractivity contribution is 8.14. The summed E-state index contributed by atoms with van der Waals surface area (Å²) in [6, 6.07) is 7.69. The Kier molecular flexibility index (Phi) is 5.94. The van der Waals surface area contributed by atoms with Gasteiger partial charge in [-0.25, -0.2) is 0 Å². The molecule has 2 aromatic rings. The number of rotatable bonds is 7. The number of imide groups is 1. The van der Waals surface area contributed by atoms with E-state index in [0.717, 1.165) is 39.6 Å². The zero-order chi connectivity index (χ0) is 18.5. The number of carbonyl (C=O) groups excluding carboxylic acids is 3. The summed E-state index contributed by atoms with van der Waals surface area (Å²) >= 11 is 2.10. The number of nitrogens with one attached hydrogen (secondary N) is 1. The van der Waals surface area contributed by atoms with Crippen molar-refractivity contribution in [2.24, 2.45) is 0 Å². The SMILES string of the molecule is Cc1ccc(-c2nnc(SCC(=O)NCCN3C(=O)CSC3=O)o2)cc1. The summed E-state index contributed by atoms with van der Waals surface area (Å²) in [7, 11) is 0. The number of nitrogens with zero attached hydrogens (tertiary/aromatic N) is 3. The van der Waals surface area contributed by atoms with Gasteiger partial charge in [-0.1, -0.05) is 41.2 Å². The lowest BCUT2D eigenvalue weighted by molar-refractivity contribution is -0.125. The van der Waals surface area contributed by atoms with Crippen LogP contribution in [0.15, 0.2) is 33.9 Å². The van der Waals surface area contributed by atoms with E-state index in [4.69, 9.17) is 4.42 Å². The Hall–Kier alpha value is -2.33. The second kappa shape index (κ2) is 8.37. The summed E-state index contributed by atoms with van der Waals surface area (Å²) in [5.41, 5.74) is 1.95. The van der Waals surface area contributed by atoms with Crippen molar-refractivity contribution >= 4 is 40.6 Å². The Morgan fingerprint density at radius 1 is 1.31 bits per heavy atom. The summed E-state index contributed by atoms with van der Waals surface area (Å²) in [4.78, 5) is 35.9. The first-order valence-corrected chi connectivity index (χ1v) is 9.77. The predicted molar refractivity (Wildman–Crippen MR) is 97.8 cm³/mol. The lowest BCUT2D eigenvalue weighted by Crippen LogP contribution is -2.38. The van der Waals surface area contributed by atoms with Crippen molar-refractivity contribution in [3.63, 3.8) is 0 Å². The monoisotopic (exact) mass is 392 g/mol. The minimum atomic E-state index is -0.270. The molecule has 0 atom stereocenters. The Balaban J connectivity index is 1.42. The van der Waals surface area contributed by atoms with Gasteiger partial charge < -0.3 is 9.73 Å². The van der Waals surface area contributed by atoms with Crippen LogP contribution in [0.5, 0.6) is 0 Å². The standard InChI is InChI=1S/C16H16N4O4S2/c1-10-2-4-11(5-3-10)14-18-19-15(24-14)25-8-12(21)17-6-7-20-13(22)9-26-16(20)23/h2-5H,6-9H2,1H3,(H,17,21). The zero-order valence-electron chi connectivity index (χ0n) is 13.9. The van der Waals surface area contributed by atoms with Gasteiger partial charge in [0.2, 0.25) is 17.7 Å². The average molecular weight is 392 g/mol. The van der Waals surface area contributed by atoms with Gasteiger partial charge in [-0.15, -0.1) is 10.2 Å². The molecule has 2 heterocycles. The Morgan fingerprint density at radius 3 is 2.77 bits per heavy atom. The predicted octanol–water partition coefficient (Wildman–Crippen LogP) is 1.95. The van der Waals surface area contributed by atoms with E-state index >= 15 is 0 Å². The fourth-order valence-electron chi connectivity index (χ4n) is 2.16. The van der Waals surface area contributed by atoms with E-state index in [2.05, 4.69) is 15.5 Å². The maximum Gasteiger partial charge on any atom is 0.288 e. The van der Waals surface area contributed by atoms with E-state index in [1.54, 1.807) is 0 Å². The van der Waals surface area contributed by atoms with Gasteiger partial charge >= 0.3 is 0 Å². The van der Waals surface area contributed by atoms with Crippen LogP contribution in [0.3, 0.4) is 0 Å². The molecule has 0 aliphatic carbocycles. The fraction of sp³-hybridized carbons (Fsp3) is 0.312. The summed E-state index contributed by atoms with van der Waals surface area (Å²) in [5, 5.41) is 10.6. The molecule has 10 heteroatoms. The van der Waals surface area contributed by atoms with Crippen molar-refractivity contribution in [1.29, 1.82) is 0 Å². The van der Waals surface area contributed by atoms with Crippen LogP contribution in [0.25, 0.3) is 11.5 Å². The van der Waals surface area contributed by atoms with Gasteiger partial charge in [0.05, 0.1) is 11.5 Å². The normalized spacial score (nSPS) is 14.1. The minimum absolute atomic E-state index is 0.103. The van der Waals surface area contributed by atoms with Crippen LogP contribution in [0.4, 0.5) is 4.79 Å². The minimum Gasteiger partial charge on any atom is -0.411 e. The summed E-state index contributed by atoms with van der Waals surface area (Å²) < 4.78 is 5.53. The van der Waals surface area contributed by atoms with E-state index in [9.17, 15) is 14.4 Å². The van der Waals surface area contributed by atoms with Gasteiger partial charge in [-0.2, -0.15) is 0 Å². The van der Waals surface area contributed by atoms with Gasteiger partial charge in [0.15, 0.2) is 0 Å². The highest BCUT2D eigenvalue weighted by Crippen LogP contribution is 2.23. The number of benzene rings is 1. The van der Waals surface area contributed by atoms with Gasteiger partial charge in [-0.3, -0.25) is 19.3 Å². The van der Waals surface area contributed by atoms with Crippen LogP contribution < -0.4 is 5.32 Å². The van der Waals surface area contributed by atoms with Crippen LogP contribution in [-0.4, -0.2) is 56.7 Å². The third-order valence-corrected chi connectivity index (χ3v) is 5.21. The molecule has 1 aliphatic rings. The lowest BCUT2D eigenvalue weighted by atomic mass is 10.1. The van der Waals surface area contributed by atoms with E-state index in [-0.39, 0.29) is 41.6 Å². The zero-order valence-corrected chi connectivity index (χ0v) is 15.6. The van der Waals surface area contributed by atoms with Crippen LogP contribution >= 0.6 is 23.5 Å². The first-order valence-electron chi connectivity index (χ1n) is 7.80. The molecular weight excluding hydrogens is 376 g/mol. The van der Waals surface area contributed by atoms with E-state index < -0.39 is 0 Å². The summed E-state index contributed by atoms with van der Waals surface area (Å²) in [6.45, 7) is 2.39. The first kappa shape index (κ1) is 18.5. The maximum atomic E-state index is 11.9. The van der Waals surface area contributed by atoms with Crippen LogP contribution in [-0.2, 0) is 9.59 Å². The van der Waals surface area contributed by atoms with Crippen molar-refractivity contribution in [2.45, 2.75) is 12.1 Å². The van der Waals surface area contributed by atoms with E-state index in [1.807, 2.05) is 31.2 Å². The first-order chi connectivity index (χ1) is 12.5. The smallest absolute Gasteiger partial charge is 0.288 e. The number of carbonyl (C=O) groups is 3. The molecule has 0 spiro atoms. The molecule has 1 fully saturated rings. The quantitative estimate of drug-likeness (QED) is 0.713. The third kappa shape index (κ3) is 4.64. The van der Waals surface area contributed by atoms with Crippen molar-refractivity contribution in [3.05, 3.63) is 29.8 Å². The van der Waals surface area contributed by atoms with Gasteiger partial charge in [0.25, 0.3) is 10.5 Å². The molecule has 1 N–H and O–H groups in total. The molecule has 1 aromatic heterocycles. The molecule has 8 nitrogen and oxygen atoms in total. The Morgan fingerprint density at radius 2 is 2.08 bits per heavy atom. The van der Waals surface area contributed by atoms with Crippen molar-refractivity contribution in [3.8, 4) is 11.5 Å². The molecule has 3 amide bonds. The van der Waals surface area contributed by atoms with Gasteiger partial charge in [0, 0.05) is 18.7 Å². The van der Waals surface area contributed by atoms with Gasteiger partial charge in [0.1, 0.15) is 0 Å². The molecule has 0 radical (unpaired) electrons. The highest BCUT2D eigenvalue weighted by Gasteiger charge is 2.29. The molecule has 3 rings (SSSR count). The summed E-state index contributed by atoms with van der Waals surface area (Å²) in [6.07, 6.45) is 0. The number of thioether (sulfide) groups is 2. The molecule has 1 aliphatic heterocycles. The Labute approximate surface area is 158 Å². The molecule has 0 saturated carbocycles. The molecule has 1 saturated heterocycles. The molecule has 26 heavy (non-hydrogen) atoms. The number of amides is 3. The molecule has 1 aromatic carbocycles. The number of hydrogen-bond acceptors (Lipinski definition) is 8.